The van der Waals surface area contributed by atoms with E-state index >= 15 is 0 Å². The number of carbonyl (C=O) groups excluding carboxylic acids is 2. The lowest BCUT2D eigenvalue weighted by atomic mass is 9.87. The van der Waals surface area contributed by atoms with Gasteiger partial charge in [-0.15, -0.1) is 0 Å². The van der Waals surface area contributed by atoms with Gasteiger partial charge in [0.25, 0.3) is 0 Å². The van der Waals surface area contributed by atoms with E-state index in [0.717, 1.165) is 6.29 Å². The Balaban J connectivity index is 4.18. The fourth-order valence-corrected chi connectivity index (χ4v) is 0.674. The number of carbonyl (C=O) groups is 2. The molecular formula is C7H14BNO2. The minimum Gasteiger partial charge on any atom is -0.355 e. The SMILES string of the molecule is BC(=O)N[C@H](C=O)C(C)(C)C. The summed E-state index contributed by atoms with van der Waals surface area (Å²) in [6, 6.07) is -0.389. The van der Waals surface area contributed by atoms with Gasteiger partial charge in [-0.3, -0.25) is 4.79 Å². The Hall–Kier alpha value is -0.795. The molecule has 62 valence electrons. The first-order valence-corrected chi connectivity index (χ1v) is 3.60. The van der Waals surface area contributed by atoms with Gasteiger partial charge in [0.15, 0.2) is 5.81 Å². The van der Waals surface area contributed by atoms with Gasteiger partial charge in [0.2, 0.25) is 7.85 Å². The quantitative estimate of drug-likeness (QED) is 0.448. The summed E-state index contributed by atoms with van der Waals surface area (Å²) in [4.78, 5) is 21.1. The average Bonchev–Trinajstić information content (AvgIpc) is 1.79. The minimum atomic E-state index is -0.389. The predicted octanol–water partition coefficient (Wildman–Crippen LogP) is -0.0573. The third-order valence-electron chi connectivity index (χ3n) is 1.43. The van der Waals surface area contributed by atoms with Crippen LogP contribution in [0.3, 0.4) is 0 Å². The second kappa shape index (κ2) is 3.55. The highest BCUT2D eigenvalue weighted by Crippen LogP contribution is 2.17. The third kappa shape index (κ3) is 3.81. The second-order valence-corrected chi connectivity index (χ2v) is 3.68. The zero-order valence-corrected chi connectivity index (χ0v) is 7.47. The maximum atomic E-state index is 10.6. The Morgan fingerprint density at radius 2 is 2.00 bits per heavy atom. The summed E-state index contributed by atoms with van der Waals surface area (Å²) < 4.78 is 0. The molecule has 0 rings (SSSR count). The summed E-state index contributed by atoms with van der Waals surface area (Å²) in [7, 11) is 1.40. The number of hydrogen-bond acceptors (Lipinski definition) is 2. The lowest BCUT2D eigenvalue weighted by Crippen LogP contribution is -2.44. The first kappa shape index (κ1) is 10.2. The number of aldehydes is 1. The average molecular weight is 155 g/mol. The molecular weight excluding hydrogens is 141 g/mol. The van der Waals surface area contributed by atoms with Gasteiger partial charge < -0.3 is 10.1 Å². The Labute approximate surface area is 68.0 Å². The monoisotopic (exact) mass is 155 g/mol. The Morgan fingerprint density at radius 1 is 1.55 bits per heavy atom. The van der Waals surface area contributed by atoms with Crippen LogP contribution in [-0.4, -0.2) is 26.0 Å². The number of nitrogens with one attached hydrogen (secondary N) is 1. The Kier molecular flexibility index (Phi) is 3.30. The van der Waals surface area contributed by atoms with Crippen molar-refractivity contribution in [3.05, 3.63) is 0 Å². The minimum absolute atomic E-state index is 0.169. The lowest BCUT2D eigenvalue weighted by molar-refractivity contribution is -0.111. The zero-order valence-electron chi connectivity index (χ0n) is 7.47. The van der Waals surface area contributed by atoms with Gasteiger partial charge in [-0.25, -0.2) is 0 Å². The summed E-state index contributed by atoms with van der Waals surface area (Å²) >= 11 is 0. The molecule has 0 bridgehead atoms. The van der Waals surface area contributed by atoms with Gasteiger partial charge in [-0.2, -0.15) is 0 Å². The fraction of sp³-hybridized carbons (Fsp3) is 0.714. The molecule has 11 heavy (non-hydrogen) atoms. The molecule has 0 radical (unpaired) electrons. The Bertz CT molecular complexity index is 162. The van der Waals surface area contributed by atoms with Crippen LogP contribution in [0.5, 0.6) is 0 Å². The molecule has 0 aliphatic heterocycles. The van der Waals surface area contributed by atoms with Crippen LogP contribution >= 0.6 is 0 Å². The smallest absolute Gasteiger partial charge is 0.215 e. The van der Waals surface area contributed by atoms with Crippen molar-refractivity contribution in [3.8, 4) is 0 Å². The molecule has 0 aromatic rings. The molecule has 0 unspecified atom stereocenters. The van der Waals surface area contributed by atoms with Crippen LogP contribution in [0.1, 0.15) is 20.8 Å². The summed E-state index contributed by atoms with van der Waals surface area (Å²) in [5, 5.41) is 2.56. The summed E-state index contributed by atoms with van der Waals surface area (Å²) in [5.74, 6) is -0.169. The van der Waals surface area contributed by atoms with Crippen LogP contribution in [-0.2, 0) is 4.79 Å². The number of rotatable bonds is 2. The maximum Gasteiger partial charge on any atom is 0.215 e. The van der Waals surface area contributed by atoms with Crippen LogP contribution in [0.2, 0.25) is 0 Å². The lowest BCUT2D eigenvalue weighted by Gasteiger charge is -2.26. The standard InChI is InChI=1S/C7H14BNO2/c1-7(2,3)5(4-10)9-6(8)11/h4-5H,8H2,1-3H3,(H,9,11)/t5-/m1/s1. The highest BCUT2D eigenvalue weighted by molar-refractivity contribution is 6.57. The molecule has 0 aromatic carbocycles. The highest BCUT2D eigenvalue weighted by Gasteiger charge is 2.24. The van der Waals surface area contributed by atoms with Crippen molar-refractivity contribution in [2.24, 2.45) is 5.41 Å². The van der Waals surface area contributed by atoms with Crippen molar-refractivity contribution >= 4 is 19.9 Å². The van der Waals surface area contributed by atoms with Crippen molar-refractivity contribution in [3.63, 3.8) is 0 Å². The van der Waals surface area contributed by atoms with E-state index in [4.69, 9.17) is 0 Å². The van der Waals surface area contributed by atoms with Crippen molar-refractivity contribution < 1.29 is 9.59 Å². The largest absolute Gasteiger partial charge is 0.355 e. The van der Waals surface area contributed by atoms with Gasteiger partial charge >= 0.3 is 0 Å². The van der Waals surface area contributed by atoms with E-state index in [1.165, 1.54) is 7.85 Å². The van der Waals surface area contributed by atoms with Crippen molar-refractivity contribution in [2.45, 2.75) is 26.8 Å². The van der Waals surface area contributed by atoms with Crippen LogP contribution < -0.4 is 5.32 Å². The molecule has 0 aliphatic carbocycles. The third-order valence-corrected chi connectivity index (χ3v) is 1.43. The number of hydrogen-bond donors (Lipinski definition) is 1. The van der Waals surface area contributed by atoms with Crippen LogP contribution in [0.25, 0.3) is 0 Å². The van der Waals surface area contributed by atoms with E-state index in [9.17, 15) is 9.59 Å². The molecule has 0 spiro atoms. The molecule has 0 aliphatic rings. The Morgan fingerprint density at radius 3 is 2.09 bits per heavy atom. The molecule has 1 amide bonds. The maximum absolute atomic E-state index is 10.6. The van der Waals surface area contributed by atoms with Crippen molar-refractivity contribution in [1.29, 1.82) is 0 Å². The van der Waals surface area contributed by atoms with E-state index in [1.807, 2.05) is 20.8 Å². The van der Waals surface area contributed by atoms with E-state index in [-0.39, 0.29) is 17.3 Å². The molecule has 1 atom stereocenters. The molecule has 1 N–H and O–H groups in total. The van der Waals surface area contributed by atoms with Crippen molar-refractivity contribution in [2.75, 3.05) is 0 Å². The second-order valence-electron chi connectivity index (χ2n) is 3.68. The number of amides is 1. The molecule has 0 saturated heterocycles. The first-order chi connectivity index (χ1) is 4.88. The van der Waals surface area contributed by atoms with E-state index in [0.29, 0.717) is 0 Å². The summed E-state index contributed by atoms with van der Waals surface area (Å²) in [6.07, 6.45) is 0.765. The summed E-state index contributed by atoms with van der Waals surface area (Å²) in [5.41, 5.74) is -0.201. The molecule has 0 aromatic heterocycles. The van der Waals surface area contributed by atoms with E-state index < -0.39 is 0 Å². The molecule has 0 fully saturated rings. The molecule has 0 saturated carbocycles. The van der Waals surface area contributed by atoms with Gasteiger partial charge in [-0.1, -0.05) is 20.8 Å². The van der Waals surface area contributed by atoms with E-state index in [1.54, 1.807) is 0 Å². The van der Waals surface area contributed by atoms with E-state index in [2.05, 4.69) is 5.32 Å². The van der Waals surface area contributed by atoms with Gasteiger partial charge in [-0.05, 0) is 5.41 Å². The first-order valence-electron chi connectivity index (χ1n) is 3.60. The van der Waals surface area contributed by atoms with Crippen LogP contribution in [0, 0.1) is 5.41 Å². The fourth-order valence-electron chi connectivity index (χ4n) is 0.674. The summed E-state index contributed by atoms with van der Waals surface area (Å²) in [6.45, 7) is 5.71. The normalized spacial score (nSPS) is 13.7. The van der Waals surface area contributed by atoms with Crippen LogP contribution in [0.4, 0.5) is 4.79 Å². The molecule has 0 heterocycles. The zero-order chi connectivity index (χ0) is 9.07. The van der Waals surface area contributed by atoms with Gasteiger partial charge in [0.05, 0.1) is 6.04 Å². The van der Waals surface area contributed by atoms with Crippen LogP contribution in [0.15, 0.2) is 0 Å². The van der Waals surface area contributed by atoms with Crippen molar-refractivity contribution in [1.82, 2.24) is 5.32 Å². The van der Waals surface area contributed by atoms with Gasteiger partial charge in [0.1, 0.15) is 6.29 Å². The topological polar surface area (TPSA) is 46.2 Å². The highest BCUT2D eigenvalue weighted by atomic mass is 16.1. The molecule has 4 heteroatoms. The van der Waals surface area contributed by atoms with Gasteiger partial charge in [0, 0.05) is 0 Å². The molecule has 3 nitrogen and oxygen atoms in total. The predicted molar refractivity (Wildman–Crippen MR) is 46.4 cm³/mol.